The number of aliphatic imine (C=N–C) groups is 1. The molecule has 1 aliphatic rings. The second-order valence-electron chi connectivity index (χ2n) is 5.63. The Hall–Kier alpha value is -2.20. The molecule has 1 atom stereocenters. The number of aromatic nitrogens is 1. The minimum atomic E-state index is -0.291. The zero-order chi connectivity index (χ0) is 14.7. The van der Waals surface area contributed by atoms with Crippen LogP contribution < -0.4 is 5.48 Å². The minimum Gasteiger partial charge on any atom is -0.265 e. The molecule has 0 aliphatic carbocycles. The van der Waals surface area contributed by atoms with Gasteiger partial charge in [-0.15, -0.1) is 0 Å². The van der Waals surface area contributed by atoms with Crippen LogP contribution in [0.5, 0.6) is 0 Å². The molecule has 21 heavy (non-hydrogen) atoms. The first kappa shape index (κ1) is 13.8. The van der Waals surface area contributed by atoms with E-state index in [0.717, 1.165) is 23.4 Å². The van der Waals surface area contributed by atoms with Gasteiger partial charge in [-0.2, -0.15) is 0 Å². The van der Waals surface area contributed by atoms with Crippen LogP contribution in [0.15, 0.2) is 53.8 Å². The Morgan fingerprint density at radius 2 is 2.00 bits per heavy atom. The number of hydrogen-bond donors (Lipinski definition) is 1. The molecule has 0 saturated carbocycles. The van der Waals surface area contributed by atoms with Crippen LogP contribution in [0, 0.1) is 5.92 Å². The SMILES string of the molecule is CC(C)Cc1cccc(C2N=C(c3ccncc3)NO2)c1. The van der Waals surface area contributed by atoms with Crippen molar-refractivity contribution in [3.63, 3.8) is 0 Å². The molecule has 4 nitrogen and oxygen atoms in total. The van der Waals surface area contributed by atoms with Gasteiger partial charge in [0.2, 0.25) is 6.23 Å². The molecule has 108 valence electrons. The lowest BCUT2D eigenvalue weighted by atomic mass is 10.0. The van der Waals surface area contributed by atoms with Gasteiger partial charge >= 0.3 is 0 Å². The number of amidine groups is 1. The minimum absolute atomic E-state index is 0.291. The maximum Gasteiger partial charge on any atom is 0.202 e. The Balaban J connectivity index is 1.81. The van der Waals surface area contributed by atoms with Gasteiger partial charge in [-0.05, 0) is 30.0 Å². The Labute approximate surface area is 124 Å². The molecule has 4 heteroatoms. The van der Waals surface area contributed by atoms with Crippen molar-refractivity contribution in [1.82, 2.24) is 10.5 Å². The Kier molecular flexibility index (Phi) is 3.97. The van der Waals surface area contributed by atoms with Crippen LogP contribution in [0.1, 0.15) is 36.8 Å². The third kappa shape index (κ3) is 3.28. The lowest BCUT2D eigenvalue weighted by Gasteiger charge is -2.10. The van der Waals surface area contributed by atoms with E-state index in [2.05, 4.69) is 53.6 Å². The molecule has 0 amide bonds. The number of hydroxylamine groups is 1. The number of rotatable bonds is 4. The topological polar surface area (TPSA) is 46.5 Å². The number of nitrogens with one attached hydrogen (secondary N) is 1. The van der Waals surface area contributed by atoms with Crippen LogP contribution in [-0.2, 0) is 11.3 Å². The monoisotopic (exact) mass is 281 g/mol. The van der Waals surface area contributed by atoms with Crippen molar-refractivity contribution in [1.29, 1.82) is 0 Å². The van der Waals surface area contributed by atoms with Crippen LogP contribution in [0.25, 0.3) is 0 Å². The number of hydrogen-bond acceptors (Lipinski definition) is 4. The van der Waals surface area contributed by atoms with Crippen LogP contribution in [0.2, 0.25) is 0 Å². The summed E-state index contributed by atoms with van der Waals surface area (Å²) in [7, 11) is 0. The molecular formula is C17H19N3O. The molecule has 1 aliphatic heterocycles. The number of pyridine rings is 1. The van der Waals surface area contributed by atoms with Gasteiger partial charge in [0.05, 0.1) is 0 Å². The first-order chi connectivity index (χ1) is 10.2. The Morgan fingerprint density at radius 3 is 2.76 bits per heavy atom. The highest BCUT2D eigenvalue weighted by atomic mass is 16.7. The quantitative estimate of drug-likeness (QED) is 0.935. The average Bonchev–Trinajstić information content (AvgIpc) is 2.98. The van der Waals surface area contributed by atoms with E-state index < -0.39 is 0 Å². The highest BCUT2D eigenvalue weighted by Crippen LogP contribution is 2.24. The normalized spacial score (nSPS) is 17.7. The van der Waals surface area contributed by atoms with Gasteiger partial charge < -0.3 is 0 Å². The van der Waals surface area contributed by atoms with E-state index in [0.29, 0.717) is 5.92 Å². The highest BCUT2D eigenvalue weighted by molar-refractivity contribution is 5.98. The fourth-order valence-electron chi connectivity index (χ4n) is 2.41. The standard InChI is InChI=1S/C17H19N3O/c1-12(2)10-13-4-3-5-15(11-13)17-19-16(20-21-17)14-6-8-18-9-7-14/h3-9,11-12,17H,10H2,1-2H3,(H,19,20). The molecule has 0 spiro atoms. The van der Waals surface area contributed by atoms with Gasteiger partial charge in [0.15, 0.2) is 5.84 Å². The second-order valence-corrected chi connectivity index (χ2v) is 5.63. The summed E-state index contributed by atoms with van der Waals surface area (Å²) in [6, 6.07) is 12.3. The van der Waals surface area contributed by atoms with Crippen LogP contribution in [-0.4, -0.2) is 10.8 Å². The second kappa shape index (κ2) is 6.06. The molecule has 0 saturated heterocycles. The Bertz CT molecular complexity index is 637. The van der Waals surface area contributed by atoms with Gasteiger partial charge in [-0.3, -0.25) is 4.98 Å². The van der Waals surface area contributed by atoms with Crippen molar-refractivity contribution in [3.8, 4) is 0 Å². The summed E-state index contributed by atoms with van der Waals surface area (Å²) in [6.07, 6.45) is 4.27. The highest BCUT2D eigenvalue weighted by Gasteiger charge is 2.20. The molecule has 0 fully saturated rings. The van der Waals surface area contributed by atoms with Crippen molar-refractivity contribution in [3.05, 3.63) is 65.5 Å². The molecule has 2 aromatic rings. The molecule has 1 aromatic heterocycles. The van der Waals surface area contributed by atoms with Gasteiger partial charge in [0, 0.05) is 23.5 Å². The van der Waals surface area contributed by atoms with E-state index >= 15 is 0 Å². The Morgan fingerprint density at radius 1 is 1.19 bits per heavy atom. The molecule has 0 bridgehead atoms. The van der Waals surface area contributed by atoms with Crippen LogP contribution >= 0.6 is 0 Å². The van der Waals surface area contributed by atoms with Gasteiger partial charge in [0.25, 0.3) is 0 Å². The first-order valence-corrected chi connectivity index (χ1v) is 7.21. The predicted octanol–water partition coefficient (Wildman–Crippen LogP) is 3.26. The van der Waals surface area contributed by atoms with E-state index in [1.165, 1.54) is 5.56 Å². The lowest BCUT2D eigenvalue weighted by molar-refractivity contribution is 0.0376. The maximum absolute atomic E-state index is 5.59. The number of nitrogens with zero attached hydrogens (tertiary/aromatic N) is 2. The maximum atomic E-state index is 5.59. The smallest absolute Gasteiger partial charge is 0.202 e. The van der Waals surface area contributed by atoms with Gasteiger partial charge in [0.1, 0.15) is 0 Å². The van der Waals surface area contributed by atoms with Gasteiger partial charge in [-0.25, -0.2) is 15.3 Å². The molecule has 1 N–H and O–H groups in total. The summed E-state index contributed by atoms with van der Waals surface area (Å²) in [6.45, 7) is 4.44. The summed E-state index contributed by atoms with van der Waals surface area (Å²) < 4.78 is 0. The van der Waals surface area contributed by atoms with E-state index in [1.54, 1.807) is 12.4 Å². The summed E-state index contributed by atoms with van der Waals surface area (Å²) in [5, 5.41) is 0. The van der Waals surface area contributed by atoms with Crippen molar-refractivity contribution in [2.45, 2.75) is 26.5 Å². The molecule has 1 aromatic carbocycles. The number of benzene rings is 1. The van der Waals surface area contributed by atoms with E-state index in [9.17, 15) is 0 Å². The summed E-state index contributed by atoms with van der Waals surface area (Å²) >= 11 is 0. The van der Waals surface area contributed by atoms with Gasteiger partial charge in [-0.1, -0.05) is 38.1 Å². The van der Waals surface area contributed by atoms with E-state index in [-0.39, 0.29) is 6.23 Å². The fraction of sp³-hybridized carbons (Fsp3) is 0.294. The predicted molar refractivity (Wildman–Crippen MR) is 82.7 cm³/mol. The van der Waals surface area contributed by atoms with E-state index in [4.69, 9.17) is 4.84 Å². The third-order valence-electron chi connectivity index (χ3n) is 3.35. The molecule has 0 radical (unpaired) electrons. The zero-order valence-corrected chi connectivity index (χ0v) is 12.3. The van der Waals surface area contributed by atoms with Crippen LogP contribution in [0.4, 0.5) is 0 Å². The van der Waals surface area contributed by atoms with Crippen molar-refractivity contribution < 1.29 is 4.84 Å². The molecule has 3 rings (SSSR count). The molecule has 1 unspecified atom stereocenters. The van der Waals surface area contributed by atoms with Crippen LogP contribution in [0.3, 0.4) is 0 Å². The van der Waals surface area contributed by atoms with E-state index in [1.807, 2.05) is 12.1 Å². The van der Waals surface area contributed by atoms with Crippen molar-refractivity contribution in [2.24, 2.45) is 10.9 Å². The van der Waals surface area contributed by atoms with Crippen molar-refractivity contribution >= 4 is 5.84 Å². The molecule has 2 heterocycles. The summed E-state index contributed by atoms with van der Waals surface area (Å²) in [5.41, 5.74) is 6.27. The first-order valence-electron chi connectivity index (χ1n) is 7.21. The van der Waals surface area contributed by atoms with Crippen molar-refractivity contribution in [2.75, 3.05) is 0 Å². The fourth-order valence-corrected chi connectivity index (χ4v) is 2.41. The summed E-state index contributed by atoms with van der Waals surface area (Å²) in [4.78, 5) is 14.2. The largest absolute Gasteiger partial charge is 0.265 e. The zero-order valence-electron chi connectivity index (χ0n) is 12.3. The lowest BCUT2D eigenvalue weighted by Crippen LogP contribution is -2.18. The average molecular weight is 281 g/mol. The summed E-state index contributed by atoms with van der Waals surface area (Å²) in [5.74, 6) is 1.38. The molecular weight excluding hydrogens is 262 g/mol. The third-order valence-corrected chi connectivity index (χ3v) is 3.35.